The van der Waals surface area contributed by atoms with Crippen LogP contribution in [0.2, 0.25) is 0 Å². The minimum absolute atomic E-state index is 0.111. The van der Waals surface area contributed by atoms with E-state index in [2.05, 4.69) is 12.2 Å². The Hall–Kier alpha value is -0.830. The molecule has 0 aromatic rings. The molecule has 1 fully saturated rings. The van der Waals surface area contributed by atoms with Crippen molar-refractivity contribution in [2.45, 2.75) is 25.8 Å². The summed E-state index contributed by atoms with van der Waals surface area (Å²) in [5.74, 6) is 1.48. The van der Waals surface area contributed by atoms with Crippen molar-refractivity contribution in [3.63, 3.8) is 0 Å². The fourth-order valence-corrected chi connectivity index (χ4v) is 2.48. The summed E-state index contributed by atoms with van der Waals surface area (Å²) >= 11 is 0. The van der Waals surface area contributed by atoms with Gasteiger partial charge in [-0.2, -0.15) is 0 Å². The molecule has 2 N–H and O–H groups in total. The zero-order valence-corrected chi connectivity index (χ0v) is 8.65. The molecular weight excluding hydrogens is 176 g/mol. The first-order valence-corrected chi connectivity index (χ1v) is 5.38. The van der Waals surface area contributed by atoms with Crippen LogP contribution >= 0.6 is 0 Å². The third-order valence-electron chi connectivity index (χ3n) is 3.32. The lowest BCUT2D eigenvalue weighted by atomic mass is 9.86. The molecule has 1 aliphatic carbocycles. The molecule has 2 aliphatic rings. The molecule has 1 saturated heterocycles. The maximum Gasteiger partial charge on any atom is 0.239 e. The molecule has 14 heavy (non-hydrogen) atoms. The predicted octanol–water partition coefficient (Wildman–Crippen LogP) is 0.758. The monoisotopic (exact) mass is 194 g/mol. The third kappa shape index (κ3) is 1.69. The lowest BCUT2D eigenvalue weighted by molar-refractivity contribution is -0.131. The molecule has 0 aromatic carbocycles. The van der Waals surface area contributed by atoms with Crippen molar-refractivity contribution in [1.29, 1.82) is 0 Å². The van der Waals surface area contributed by atoms with Gasteiger partial charge in [-0.25, -0.2) is 0 Å². The molecule has 3 atom stereocenters. The van der Waals surface area contributed by atoms with Gasteiger partial charge in [-0.05, 0) is 31.6 Å². The van der Waals surface area contributed by atoms with Crippen molar-refractivity contribution in [1.82, 2.24) is 4.90 Å². The Labute approximate surface area is 84.9 Å². The van der Waals surface area contributed by atoms with Gasteiger partial charge in [0, 0.05) is 13.1 Å². The van der Waals surface area contributed by atoms with Gasteiger partial charge in [0.2, 0.25) is 5.91 Å². The van der Waals surface area contributed by atoms with E-state index in [-0.39, 0.29) is 11.9 Å². The number of rotatable bonds is 1. The lowest BCUT2D eigenvalue weighted by Crippen LogP contribution is -2.40. The minimum Gasteiger partial charge on any atom is -0.341 e. The highest BCUT2D eigenvalue weighted by atomic mass is 16.2. The number of carbonyl (C=O) groups excluding carboxylic acids is 1. The number of hydrogen-bond acceptors (Lipinski definition) is 2. The van der Waals surface area contributed by atoms with E-state index in [1.165, 1.54) is 0 Å². The van der Waals surface area contributed by atoms with E-state index in [1.54, 1.807) is 6.92 Å². The molecule has 78 valence electrons. The van der Waals surface area contributed by atoms with Gasteiger partial charge in [-0.15, -0.1) is 0 Å². The Morgan fingerprint density at radius 2 is 1.86 bits per heavy atom. The first-order valence-electron chi connectivity index (χ1n) is 5.38. The van der Waals surface area contributed by atoms with Crippen molar-refractivity contribution in [2.24, 2.45) is 17.6 Å². The SMILES string of the molecule is C[C@H](N)C(=O)N1CC2CC=CCC2C1. The topological polar surface area (TPSA) is 46.3 Å². The van der Waals surface area contributed by atoms with E-state index in [0.717, 1.165) is 25.9 Å². The van der Waals surface area contributed by atoms with Gasteiger partial charge in [0.15, 0.2) is 0 Å². The van der Waals surface area contributed by atoms with Crippen LogP contribution in [0.1, 0.15) is 19.8 Å². The van der Waals surface area contributed by atoms with Crippen LogP contribution in [0.4, 0.5) is 0 Å². The van der Waals surface area contributed by atoms with Crippen molar-refractivity contribution >= 4 is 5.91 Å². The van der Waals surface area contributed by atoms with Gasteiger partial charge in [-0.1, -0.05) is 12.2 Å². The van der Waals surface area contributed by atoms with Crippen LogP contribution in [-0.2, 0) is 4.79 Å². The molecule has 0 radical (unpaired) electrons. The summed E-state index contributed by atoms with van der Waals surface area (Å²) < 4.78 is 0. The van der Waals surface area contributed by atoms with Gasteiger partial charge in [0.05, 0.1) is 6.04 Å². The minimum atomic E-state index is -0.344. The highest BCUT2D eigenvalue weighted by Crippen LogP contribution is 2.32. The van der Waals surface area contributed by atoms with Gasteiger partial charge in [0.1, 0.15) is 0 Å². The van der Waals surface area contributed by atoms with Crippen LogP contribution in [0, 0.1) is 11.8 Å². The molecule has 1 amide bonds. The fourth-order valence-electron chi connectivity index (χ4n) is 2.48. The first-order chi connectivity index (χ1) is 6.68. The molecule has 2 unspecified atom stereocenters. The molecule has 3 heteroatoms. The van der Waals surface area contributed by atoms with E-state index in [0.29, 0.717) is 11.8 Å². The van der Waals surface area contributed by atoms with Crippen LogP contribution in [0.15, 0.2) is 12.2 Å². The van der Waals surface area contributed by atoms with Crippen molar-refractivity contribution in [3.05, 3.63) is 12.2 Å². The number of likely N-dealkylation sites (tertiary alicyclic amines) is 1. The van der Waals surface area contributed by atoms with E-state index in [4.69, 9.17) is 5.73 Å². The maximum atomic E-state index is 11.7. The predicted molar refractivity (Wildman–Crippen MR) is 55.6 cm³/mol. The van der Waals surface area contributed by atoms with Crippen LogP contribution in [0.25, 0.3) is 0 Å². The standard InChI is InChI=1S/C11H18N2O/c1-8(12)11(14)13-6-9-4-2-3-5-10(9)7-13/h2-3,8-10H,4-7,12H2,1H3/t8-,9?,10?/m0/s1. The summed E-state index contributed by atoms with van der Waals surface area (Å²) in [4.78, 5) is 13.6. The molecule has 0 bridgehead atoms. The summed E-state index contributed by atoms with van der Waals surface area (Å²) in [5.41, 5.74) is 5.60. The number of fused-ring (bicyclic) bond motifs is 1. The summed E-state index contributed by atoms with van der Waals surface area (Å²) in [7, 11) is 0. The molecule has 0 spiro atoms. The molecule has 1 aliphatic heterocycles. The number of allylic oxidation sites excluding steroid dienone is 2. The zero-order valence-electron chi connectivity index (χ0n) is 8.65. The highest BCUT2D eigenvalue weighted by Gasteiger charge is 2.35. The van der Waals surface area contributed by atoms with Gasteiger partial charge < -0.3 is 10.6 Å². The number of amides is 1. The van der Waals surface area contributed by atoms with E-state index in [1.807, 2.05) is 4.90 Å². The summed E-state index contributed by atoms with van der Waals surface area (Å²) in [5, 5.41) is 0. The Morgan fingerprint density at radius 3 is 2.29 bits per heavy atom. The van der Waals surface area contributed by atoms with Crippen LogP contribution in [0.3, 0.4) is 0 Å². The van der Waals surface area contributed by atoms with Crippen molar-refractivity contribution < 1.29 is 4.79 Å². The zero-order chi connectivity index (χ0) is 10.1. The Bertz CT molecular complexity index is 244. The van der Waals surface area contributed by atoms with E-state index < -0.39 is 0 Å². The number of nitrogens with two attached hydrogens (primary N) is 1. The largest absolute Gasteiger partial charge is 0.341 e. The lowest BCUT2D eigenvalue weighted by Gasteiger charge is -2.18. The summed E-state index contributed by atoms with van der Waals surface area (Å²) in [6.07, 6.45) is 6.74. The third-order valence-corrected chi connectivity index (χ3v) is 3.32. The van der Waals surface area contributed by atoms with Crippen LogP contribution in [-0.4, -0.2) is 29.9 Å². The number of nitrogens with zero attached hydrogens (tertiary/aromatic N) is 1. The Balaban J connectivity index is 1.98. The molecule has 1 heterocycles. The fraction of sp³-hybridized carbons (Fsp3) is 0.727. The molecule has 3 nitrogen and oxygen atoms in total. The number of hydrogen-bond donors (Lipinski definition) is 1. The molecule has 0 saturated carbocycles. The second-order valence-electron chi connectivity index (χ2n) is 4.49. The highest BCUT2D eigenvalue weighted by molar-refractivity contribution is 5.81. The van der Waals surface area contributed by atoms with Crippen LogP contribution in [0.5, 0.6) is 0 Å². The number of carbonyl (C=O) groups is 1. The average Bonchev–Trinajstić information content (AvgIpc) is 2.59. The van der Waals surface area contributed by atoms with Crippen molar-refractivity contribution in [2.75, 3.05) is 13.1 Å². The average molecular weight is 194 g/mol. The van der Waals surface area contributed by atoms with Crippen LogP contribution < -0.4 is 5.73 Å². The summed E-state index contributed by atoms with van der Waals surface area (Å²) in [6.45, 7) is 3.59. The van der Waals surface area contributed by atoms with E-state index >= 15 is 0 Å². The maximum absolute atomic E-state index is 11.7. The molecular formula is C11H18N2O. The Morgan fingerprint density at radius 1 is 1.36 bits per heavy atom. The smallest absolute Gasteiger partial charge is 0.239 e. The van der Waals surface area contributed by atoms with Gasteiger partial charge in [0.25, 0.3) is 0 Å². The van der Waals surface area contributed by atoms with Crippen molar-refractivity contribution in [3.8, 4) is 0 Å². The molecule has 2 rings (SSSR count). The first kappa shape index (κ1) is 9.71. The normalized spacial score (nSPS) is 32.9. The quantitative estimate of drug-likeness (QED) is 0.626. The second kappa shape index (κ2) is 3.73. The second-order valence-corrected chi connectivity index (χ2v) is 4.49. The summed E-state index contributed by atoms with van der Waals surface area (Å²) in [6, 6.07) is -0.344. The van der Waals surface area contributed by atoms with Gasteiger partial charge >= 0.3 is 0 Å². The Kier molecular flexibility index (Phi) is 2.59. The molecule has 0 aromatic heterocycles. The van der Waals surface area contributed by atoms with Gasteiger partial charge in [-0.3, -0.25) is 4.79 Å². The van der Waals surface area contributed by atoms with E-state index in [9.17, 15) is 4.79 Å².